The monoisotopic (exact) mass is 291 g/mol. The molecule has 1 unspecified atom stereocenters. The van der Waals surface area contributed by atoms with Gasteiger partial charge in [0.05, 0.1) is 6.20 Å². The molecule has 1 aromatic heterocycles. The summed E-state index contributed by atoms with van der Waals surface area (Å²) >= 11 is 6.12. The highest BCUT2D eigenvalue weighted by Crippen LogP contribution is 2.23. The van der Waals surface area contributed by atoms with Crippen molar-refractivity contribution in [2.75, 3.05) is 6.54 Å². The zero-order valence-corrected chi connectivity index (χ0v) is 13.1. The largest absolute Gasteiger partial charge is 0.314 e. The molecule has 1 atom stereocenters. The first-order valence-corrected chi connectivity index (χ1v) is 7.38. The second-order valence-electron chi connectivity index (χ2n) is 5.54. The van der Waals surface area contributed by atoms with Crippen LogP contribution >= 0.6 is 11.6 Å². The van der Waals surface area contributed by atoms with Gasteiger partial charge in [-0.05, 0) is 29.7 Å². The zero-order valence-electron chi connectivity index (χ0n) is 12.3. The average molecular weight is 292 g/mol. The molecule has 4 heteroatoms. The first kappa shape index (κ1) is 15.1. The molecule has 3 nitrogen and oxygen atoms in total. The predicted octanol–water partition coefficient (Wildman–Crippen LogP) is 3.40. The lowest BCUT2D eigenvalue weighted by Crippen LogP contribution is -2.28. The zero-order chi connectivity index (χ0) is 14.5. The van der Waals surface area contributed by atoms with Gasteiger partial charge in [-0.2, -0.15) is 5.10 Å². The topological polar surface area (TPSA) is 29.9 Å². The Balaban J connectivity index is 2.15. The van der Waals surface area contributed by atoms with Gasteiger partial charge in [0.15, 0.2) is 0 Å². The van der Waals surface area contributed by atoms with Gasteiger partial charge >= 0.3 is 0 Å². The number of halogens is 1. The Hall–Kier alpha value is -1.32. The second-order valence-corrected chi connectivity index (χ2v) is 5.98. The summed E-state index contributed by atoms with van der Waals surface area (Å²) in [5.74, 6) is 0.403. The molecule has 0 radical (unpaired) electrons. The molecule has 0 aliphatic heterocycles. The van der Waals surface area contributed by atoms with Gasteiger partial charge in [-0.15, -0.1) is 0 Å². The summed E-state index contributed by atoms with van der Waals surface area (Å²) in [6.07, 6.45) is 4.98. The lowest BCUT2D eigenvalue weighted by Gasteiger charge is -2.19. The van der Waals surface area contributed by atoms with Crippen molar-refractivity contribution < 1.29 is 0 Å². The van der Waals surface area contributed by atoms with Crippen LogP contribution in [0.1, 0.15) is 30.9 Å². The number of rotatable bonds is 6. The minimum absolute atomic E-state index is 0.403. The summed E-state index contributed by atoms with van der Waals surface area (Å²) in [6.45, 7) is 5.27. The van der Waals surface area contributed by atoms with E-state index in [1.165, 1.54) is 11.1 Å². The van der Waals surface area contributed by atoms with E-state index < -0.39 is 0 Å². The van der Waals surface area contributed by atoms with Crippen LogP contribution in [0.25, 0.3) is 0 Å². The van der Waals surface area contributed by atoms with Crippen LogP contribution in [0.15, 0.2) is 36.7 Å². The fourth-order valence-corrected chi connectivity index (χ4v) is 2.51. The van der Waals surface area contributed by atoms with E-state index in [0.29, 0.717) is 12.0 Å². The van der Waals surface area contributed by atoms with E-state index in [4.69, 9.17) is 11.6 Å². The van der Waals surface area contributed by atoms with E-state index >= 15 is 0 Å². The molecule has 1 aromatic carbocycles. The minimum Gasteiger partial charge on any atom is -0.314 e. The number of hydrogen-bond donors (Lipinski definition) is 1. The highest BCUT2D eigenvalue weighted by Gasteiger charge is 2.14. The highest BCUT2D eigenvalue weighted by molar-refractivity contribution is 6.30. The molecule has 0 aliphatic carbocycles. The Bertz CT molecular complexity index is 548. The molecule has 0 amide bonds. The molecule has 0 fully saturated rings. The summed E-state index contributed by atoms with van der Waals surface area (Å²) in [5, 5.41) is 8.56. The third-order valence-electron chi connectivity index (χ3n) is 3.33. The SMILES string of the molecule is CC(C)NCC(Cc1cnn(C)c1)c1cccc(Cl)c1. The van der Waals surface area contributed by atoms with Crippen LogP contribution in [0.4, 0.5) is 0 Å². The normalized spacial score (nSPS) is 12.8. The molecular formula is C16H22ClN3. The minimum atomic E-state index is 0.403. The van der Waals surface area contributed by atoms with Gasteiger partial charge in [-0.1, -0.05) is 37.6 Å². The standard InChI is InChI=1S/C16H22ClN3/c1-12(2)18-10-15(7-13-9-19-20(3)11-13)14-5-4-6-16(17)8-14/h4-6,8-9,11-12,15,18H,7,10H2,1-3H3. The maximum absolute atomic E-state index is 6.12. The van der Waals surface area contributed by atoms with Crippen molar-refractivity contribution in [2.24, 2.45) is 7.05 Å². The van der Waals surface area contributed by atoms with Crippen LogP contribution in [0.3, 0.4) is 0 Å². The maximum atomic E-state index is 6.12. The van der Waals surface area contributed by atoms with Crippen LogP contribution in [-0.4, -0.2) is 22.4 Å². The third-order valence-corrected chi connectivity index (χ3v) is 3.57. The molecule has 108 valence electrons. The molecule has 2 rings (SSSR count). The van der Waals surface area contributed by atoms with Crippen molar-refractivity contribution in [2.45, 2.75) is 32.2 Å². The molecule has 2 aromatic rings. The quantitative estimate of drug-likeness (QED) is 0.884. The molecule has 20 heavy (non-hydrogen) atoms. The van der Waals surface area contributed by atoms with Crippen molar-refractivity contribution in [1.29, 1.82) is 0 Å². The number of nitrogens with one attached hydrogen (secondary N) is 1. The van der Waals surface area contributed by atoms with Gasteiger partial charge in [0.1, 0.15) is 0 Å². The summed E-state index contributed by atoms with van der Waals surface area (Å²) < 4.78 is 1.85. The summed E-state index contributed by atoms with van der Waals surface area (Å²) in [5.41, 5.74) is 2.53. The van der Waals surface area contributed by atoms with E-state index in [0.717, 1.165) is 18.0 Å². The third kappa shape index (κ3) is 4.36. The van der Waals surface area contributed by atoms with Gasteiger partial charge in [-0.3, -0.25) is 4.68 Å². The lowest BCUT2D eigenvalue weighted by atomic mass is 9.93. The van der Waals surface area contributed by atoms with E-state index in [1.54, 1.807) is 0 Å². The summed E-state index contributed by atoms with van der Waals surface area (Å²) in [7, 11) is 1.95. The Labute approximate surface area is 126 Å². The Morgan fingerprint density at radius 3 is 2.75 bits per heavy atom. The van der Waals surface area contributed by atoms with Crippen molar-refractivity contribution in [3.05, 3.63) is 52.8 Å². The molecular weight excluding hydrogens is 270 g/mol. The van der Waals surface area contributed by atoms with Crippen LogP contribution in [-0.2, 0) is 13.5 Å². The van der Waals surface area contributed by atoms with E-state index in [1.807, 2.05) is 30.1 Å². The average Bonchev–Trinajstić information content (AvgIpc) is 2.80. The molecule has 0 spiro atoms. The Morgan fingerprint density at radius 2 is 2.15 bits per heavy atom. The highest BCUT2D eigenvalue weighted by atomic mass is 35.5. The number of aromatic nitrogens is 2. The van der Waals surface area contributed by atoms with Gasteiger partial charge < -0.3 is 5.32 Å². The van der Waals surface area contributed by atoms with Gasteiger partial charge in [0.2, 0.25) is 0 Å². The van der Waals surface area contributed by atoms with Gasteiger partial charge in [0.25, 0.3) is 0 Å². The van der Waals surface area contributed by atoms with Crippen LogP contribution < -0.4 is 5.32 Å². The number of aryl methyl sites for hydroxylation is 1. The number of hydrogen-bond acceptors (Lipinski definition) is 2. The van der Waals surface area contributed by atoms with Crippen LogP contribution in [0.5, 0.6) is 0 Å². The van der Waals surface area contributed by atoms with Crippen molar-refractivity contribution in [1.82, 2.24) is 15.1 Å². The van der Waals surface area contributed by atoms with Crippen LogP contribution in [0.2, 0.25) is 5.02 Å². The van der Waals surface area contributed by atoms with Gasteiger partial charge in [-0.25, -0.2) is 0 Å². The summed E-state index contributed by atoms with van der Waals surface area (Å²) in [6, 6.07) is 8.62. The molecule has 0 bridgehead atoms. The van der Waals surface area contributed by atoms with Crippen LogP contribution in [0, 0.1) is 0 Å². The molecule has 0 saturated heterocycles. The molecule has 1 heterocycles. The number of benzene rings is 1. The first-order valence-electron chi connectivity index (χ1n) is 7.01. The molecule has 0 saturated carbocycles. The van der Waals surface area contributed by atoms with Crippen molar-refractivity contribution in [3.8, 4) is 0 Å². The van der Waals surface area contributed by atoms with E-state index in [2.05, 4.69) is 42.6 Å². The smallest absolute Gasteiger partial charge is 0.0521 e. The van der Waals surface area contributed by atoms with Crippen molar-refractivity contribution >= 4 is 11.6 Å². The van der Waals surface area contributed by atoms with E-state index in [9.17, 15) is 0 Å². The molecule has 0 aliphatic rings. The van der Waals surface area contributed by atoms with E-state index in [-0.39, 0.29) is 0 Å². The Morgan fingerprint density at radius 1 is 1.35 bits per heavy atom. The second kappa shape index (κ2) is 6.91. The predicted molar refractivity (Wildman–Crippen MR) is 84.2 cm³/mol. The fraction of sp³-hybridized carbons (Fsp3) is 0.438. The fourth-order valence-electron chi connectivity index (χ4n) is 2.31. The van der Waals surface area contributed by atoms with Crippen molar-refractivity contribution in [3.63, 3.8) is 0 Å². The maximum Gasteiger partial charge on any atom is 0.0521 e. The Kier molecular flexibility index (Phi) is 5.21. The molecule has 1 N–H and O–H groups in total. The summed E-state index contributed by atoms with van der Waals surface area (Å²) in [4.78, 5) is 0. The number of nitrogens with zero attached hydrogens (tertiary/aromatic N) is 2. The first-order chi connectivity index (χ1) is 9.54. The van der Waals surface area contributed by atoms with Gasteiger partial charge in [0, 0.05) is 36.8 Å². The lowest BCUT2D eigenvalue weighted by molar-refractivity contribution is 0.526.